The van der Waals surface area contributed by atoms with Gasteiger partial charge in [-0.25, -0.2) is 4.79 Å². The zero-order chi connectivity index (χ0) is 18.7. The van der Waals surface area contributed by atoms with Gasteiger partial charge in [-0.1, -0.05) is 5.11 Å². The Morgan fingerprint density at radius 1 is 1.44 bits per heavy atom. The van der Waals surface area contributed by atoms with Crippen molar-refractivity contribution < 1.29 is 19.4 Å². The summed E-state index contributed by atoms with van der Waals surface area (Å²) in [6.07, 6.45) is 0.772. The number of hydrogen-bond donors (Lipinski definition) is 1. The fourth-order valence-corrected chi connectivity index (χ4v) is 3.23. The zero-order valence-corrected chi connectivity index (χ0v) is 15.1. The van der Waals surface area contributed by atoms with Gasteiger partial charge in [-0.05, 0) is 45.1 Å². The molecule has 2 amide bonds. The number of hydrogen-bond acceptors (Lipinski definition) is 5. The van der Waals surface area contributed by atoms with E-state index in [1.165, 1.54) is 0 Å². The van der Waals surface area contributed by atoms with Crippen molar-refractivity contribution in [3.05, 3.63) is 10.4 Å². The molecule has 9 heteroatoms. The minimum atomic E-state index is -0.998. The van der Waals surface area contributed by atoms with Crippen molar-refractivity contribution in [3.63, 3.8) is 0 Å². The third-order valence-electron chi connectivity index (χ3n) is 4.53. The first-order chi connectivity index (χ1) is 11.6. The van der Waals surface area contributed by atoms with E-state index >= 15 is 0 Å². The molecule has 0 saturated carbocycles. The van der Waals surface area contributed by atoms with Gasteiger partial charge in [0.2, 0.25) is 5.91 Å². The van der Waals surface area contributed by atoms with Crippen molar-refractivity contribution >= 4 is 12.0 Å². The minimum Gasteiger partial charge on any atom is -0.444 e. The number of likely N-dealkylation sites (tertiary alicyclic amines) is 2. The van der Waals surface area contributed by atoms with E-state index in [-0.39, 0.29) is 24.5 Å². The number of carbonyl (C=O) groups excluding carboxylic acids is 2. The standard InChI is InChI=1S/C16H27N5O4/c1-15(2,3)25-14(23)20-6-4-16(24,5-7-20)11-21-10-12(8-13(21)22)9-18-19-17/h12,24H,4-11H2,1-3H3. The Bertz CT molecular complexity index is 559. The Labute approximate surface area is 147 Å². The first-order valence-corrected chi connectivity index (χ1v) is 8.61. The summed E-state index contributed by atoms with van der Waals surface area (Å²) in [5.41, 5.74) is 6.83. The monoisotopic (exact) mass is 353 g/mol. The summed E-state index contributed by atoms with van der Waals surface area (Å²) in [5.74, 6) is -0.0185. The molecule has 2 aliphatic rings. The first-order valence-electron chi connectivity index (χ1n) is 8.61. The van der Waals surface area contributed by atoms with Gasteiger partial charge in [0, 0.05) is 44.1 Å². The summed E-state index contributed by atoms with van der Waals surface area (Å²) >= 11 is 0. The van der Waals surface area contributed by atoms with Crippen LogP contribution in [0, 0.1) is 5.92 Å². The maximum Gasteiger partial charge on any atom is 0.410 e. The van der Waals surface area contributed by atoms with Crippen LogP contribution in [0.5, 0.6) is 0 Å². The average molecular weight is 353 g/mol. The molecular formula is C16H27N5O4. The second kappa shape index (κ2) is 7.49. The summed E-state index contributed by atoms with van der Waals surface area (Å²) in [7, 11) is 0. The largest absolute Gasteiger partial charge is 0.444 e. The number of ether oxygens (including phenoxy) is 1. The predicted molar refractivity (Wildman–Crippen MR) is 90.7 cm³/mol. The zero-order valence-electron chi connectivity index (χ0n) is 15.1. The van der Waals surface area contributed by atoms with E-state index in [9.17, 15) is 14.7 Å². The Hall–Kier alpha value is -1.99. The fourth-order valence-electron chi connectivity index (χ4n) is 3.23. The molecule has 1 atom stereocenters. The number of rotatable bonds is 4. The number of carbonyl (C=O) groups is 2. The maximum atomic E-state index is 12.1. The van der Waals surface area contributed by atoms with Gasteiger partial charge < -0.3 is 19.6 Å². The molecule has 0 aliphatic carbocycles. The van der Waals surface area contributed by atoms with Crippen LogP contribution in [0.3, 0.4) is 0 Å². The highest BCUT2D eigenvalue weighted by Gasteiger charge is 2.40. The highest BCUT2D eigenvalue weighted by Crippen LogP contribution is 2.28. The summed E-state index contributed by atoms with van der Waals surface area (Å²) in [4.78, 5) is 30.1. The summed E-state index contributed by atoms with van der Waals surface area (Å²) in [5, 5.41) is 14.3. The molecule has 0 aromatic rings. The molecule has 2 heterocycles. The van der Waals surface area contributed by atoms with E-state index in [0.717, 1.165) is 0 Å². The molecule has 2 fully saturated rings. The molecule has 1 N–H and O–H groups in total. The average Bonchev–Trinajstić information content (AvgIpc) is 2.83. The molecule has 0 spiro atoms. The molecule has 0 aromatic heterocycles. The SMILES string of the molecule is CC(C)(C)OC(=O)N1CCC(O)(CN2CC(CN=[N+]=[N-])CC2=O)CC1. The van der Waals surface area contributed by atoms with Gasteiger partial charge in [-0.2, -0.15) is 0 Å². The fraction of sp³-hybridized carbons (Fsp3) is 0.875. The smallest absolute Gasteiger partial charge is 0.410 e. The van der Waals surface area contributed by atoms with Gasteiger partial charge in [-0.15, -0.1) is 0 Å². The van der Waals surface area contributed by atoms with Gasteiger partial charge in [0.15, 0.2) is 0 Å². The molecule has 1 unspecified atom stereocenters. The Kier molecular flexibility index (Phi) is 5.80. The number of piperidine rings is 1. The molecule has 0 radical (unpaired) electrons. The normalized spacial score (nSPS) is 23.4. The molecule has 2 aliphatic heterocycles. The van der Waals surface area contributed by atoms with E-state index in [1.807, 2.05) is 20.8 Å². The van der Waals surface area contributed by atoms with Crippen LogP contribution in [0.4, 0.5) is 4.79 Å². The topological polar surface area (TPSA) is 119 Å². The van der Waals surface area contributed by atoms with Crippen molar-refractivity contribution in [1.29, 1.82) is 0 Å². The van der Waals surface area contributed by atoms with Gasteiger partial charge in [0.05, 0.1) is 5.60 Å². The van der Waals surface area contributed by atoms with E-state index < -0.39 is 11.2 Å². The van der Waals surface area contributed by atoms with E-state index in [0.29, 0.717) is 45.4 Å². The first kappa shape index (κ1) is 19.3. The van der Waals surface area contributed by atoms with Crippen molar-refractivity contribution in [2.75, 3.05) is 32.7 Å². The molecule has 140 valence electrons. The minimum absolute atomic E-state index is 0.00820. The second-order valence-corrected chi connectivity index (χ2v) is 7.95. The molecule has 0 bridgehead atoms. The second-order valence-electron chi connectivity index (χ2n) is 7.95. The van der Waals surface area contributed by atoms with Crippen LogP contribution >= 0.6 is 0 Å². The lowest BCUT2D eigenvalue weighted by Gasteiger charge is -2.40. The maximum absolute atomic E-state index is 12.1. The molecule has 2 saturated heterocycles. The van der Waals surface area contributed by atoms with Crippen LogP contribution in [-0.2, 0) is 9.53 Å². The Morgan fingerprint density at radius 2 is 2.08 bits per heavy atom. The molecular weight excluding hydrogens is 326 g/mol. The van der Waals surface area contributed by atoms with Gasteiger partial charge in [-0.3, -0.25) is 4.79 Å². The van der Waals surface area contributed by atoms with Crippen LogP contribution in [0.1, 0.15) is 40.0 Å². The molecule has 25 heavy (non-hydrogen) atoms. The van der Waals surface area contributed by atoms with Gasteiger partial charge in [0.1, 0.15) is 5.60 Å². The summed E-state index contributed by atoms with van der Waals surface area (Å²) < 4.78 is 5.35. The number of nitrogens with zero attached hydrogens (tertiary/aromatic N) is 5. The Balaban J connectivity index is 1.85. The van der Waals surface area contributed by atoms with Crippen LogP contribution < -0.4 is 0 Å². The summed E-state index contributed by atoms with van der Waals surface area (Å²) in [6, 6.07) is 0. The third kappa shape index (κ3) is 5.51. The van der Waals surface area contributed by atoms with Crippen LogP contribution in [0.15, 0.2) is 5.11 Å². The number of aliphatic hydroxyl groups is 1. The highest BCUT2D eigenvalue weighted by atomic mass is 16.6. The number of β-amino-alcohol motifs (C(OH)–C–C–N with tert-alkyl or cyclic N) is 1. The van der Waals surface area contributed by atoms with Crippen LogP contribution in [0.25, 0.3) is 10.4 Å². The highest BCUT2D eigenvalue weighted by molar-refractivity contribution is 5.78. The third-order valence-corrected chi connectivity index (χ3v) is 4.53. The molecule has 2 rings (SSSR count). The van der Waals surface area contributed by atoms with E-state index in [4.69, 9.17) is 10.3 Å². The number of azide groups is 1. The summed E-state index contributed by atoms with van der Waals surface area (Å²) in [6.45, 7) is 7.29. The predicted octanol–water partition coefficient (Wildman–Crippen LogP) is 1.91. The molecule has 0 aromatic carbocycles. The lowest BCUT2D eigenvalue weighted by Crippen LogP contribution is -2.53. The lowest BCUT2D eigenvalue weighted by molar-refractivity contribution is -0.132. The lowest BCUT2D eigenvalue weighted by atomic mass is 9.91. The van der Waals surface area contributed by atoms with Crippen molar-refractivity contribution in [2.45, 2.75) is 51.2 Å². The van der Waals surface area contributed by atoms with Gasteiger partial charge in [0.25, 0.3) is 0 Å². The number of amides is 2. The quantitative estimate of drug-likeness (QED) is 0.471. The van der Waals surface area contributed by atoms with E-state index in [1.54, 1.807) is 9.80 Å². The van der Waals surface area contributed by atoms with E-state index in [2.05, 4.69) is 10.0 Å². The van der Waals surface area contributed by atoms with Crippen molar-refractivity contribution in [2.24, 2.45) is 11.0 Å². The Morgan fingerprint density at radius 3 is 2.64 bits per heavy atom. The molecule has 9 nitrogen and oxygen atoms in total. The van der Waals surface area contributed by atoms with Crippen LogP contribution in [-0.4, -0.2) is 70.8 Å². The van der Waals surface area contributed by atoms with Gasteiger partial charge >= 0.3 is 6.09 Å². The van der Waals surface area contributed by atoms with Crippen molar-refractivity contribution in [3.8, 4) is 0 Å². The van der Waals surface area contributed by atoms with Crippen LogP contribution in [0.2, 0.25) is 0 Å². The van der Waals surface area contributed by atoms with Crippen molar-refractivity contribution in [1.82, 2.24) is 9.80 Å².